The molecule has 1 aromatic carbocycles. The van der Waals surface area contributed by atoms with Crippen molar-refractivity contribution in [2.45, 2.75) is 20.1 Å². The van der Waals surface area contributed by atoms with Crippen LogP contribution in [-0.4, -0.2) is 25.5 Å². The van der Waals surface area contributed by atoms with Gasteiger partial charge < -0.3 is 20.1 Å². The van der Waals surface area contributed by atoms with Crippen molar-refractivity contribution in [2.75, 3.05) is 12.4 Å². The van der Waals surface area contributed by atoms with Crippen molar-refractivity contribution < 1.29 is 27.8 Å². The van der Waals surface area contributed by atoms with Gasteiger partial charge in [-0.15, -0.1) is 11.3 Å². The van der Waals surface area contributed by atoms with E-state index in [0.29, 0.717) is 0 Å². The SMILES string of the molecule is COc1ccc(NC(=O)C(=O)NCc2ccc(C)s2)cc1OC(F)F. The monoisotopic (exact) mass is 370 g/mol. The van der Waals surface area contributed by atoms with Gasteiger partial charge in [0.1, 0.15) is 0 Å². The summed E-state index contributed by atoms with van der Waals surface area (Å²) in [6.45, 7) is -0.879. The van der Waals surface area contributed by atoms with Crippen LogP contribution in [0.15, 0.2) is 30.3 Å². The predicted molar refractivity (Wildman–Crippen MR) is 89.2 cm³/mol. The molecule has 0 aliphatic carbocycles. The molecule has 1 heterocycles. The molecule has 134 valence electrons. The molecule has 2 aromatic rings. The molecule has 0 radical (unpaired) electrons. The number of halogens is 2. The maximum Gasteiger partial charge on any atom is 0.387 e. The number of ether oxygens (including phenoxy) is 2. The number of thiophene rings is 1. The van der Waals surface area contributed by atoms with E-state index in [0.717, 1.165) is 15.8 Å². The molecule has 0 aliphatic heterocycles. The Kier molecular flexibility index (Phi) is 6.29. The van der Waals surface area contributed by atoms with Gasteiger partial charge in [0.2, 0.25) is 0 Å². The van der Waals surface area contributed by atoms with Crippen LogP contribution in [0, 0.1) is 6.92 Å². The summed E-state index contributed by atoms with van der Waals surface area (Å²) in [4.78, 5) is 25.7. The number of nitrogens with one attached hydrogen (secondary N) is 2. The van der Waals surface area contributed by atoms with E-state index in [9.17, 15) is 18.4 Å². The van der Waals surface area contributed by atoms with E-state index in [1.165, 1.54) is 30.6 Å². The molecule has 0 aliphatic rings. The van der Waals surface area contributed by atoms with E-state index in [4.69, 9.17) is 4.74 Å². The zero-order valence-corrected chi connectivity index (χ0v) is 14.3. The summed E-state index contributed by atoms with van der Waals surface area (Å²) in [6.07, 6.45) is 0. The lowest BCUT2D eigenvalue weighted by atomic mass is 10.2. The second-order valence-corrected chi connectivity index (χ2v) is 6.27. The molecular weight excluding hydrogens is 354 g/mol. The molecule has 9 heteroatoms. The fourth-order valence-corrected chi connectivity index (χ4v) is 2.79. The Morgan fingerprint density at radius 3 is 2.52 bits per heavy atom. The minimum atomic E-state index is -3.04. The van der Waals surface area contributed by atoms with Crippen molar-refractivity contribution in [3.05, 3.63) is 40.1 Å². The van der Waals surface area contributed by atoms with Crippen LogP contribution in [0.5, 0.6) is 11.5 Å². The molecule has 2 N–H and O–H groups in total. The van der Waals surface area contributed by atoms with E-state index < -0.39 is 18.4 Å². The van der Waals surface area contributed by atoms with Crippen LogP contribution in [0.4, 0.5) is 14.5 Å². The average Bonchev–Trinajstić information content (AvgIpc) is 2.97. The van der Waals surface area contributed by atoms with E-state index >= 15 is 0 Å². The van der Waals surface area contributed by atoms with Crippen LogP contribution in [0.1, 0.15) is 9.75 Å². The standard InChI is InChI=1S/C16H16F2N2O4S/c1-9-3-5-11(25-9)8-19-14(21)15(22)20-10-4-6-12(23-2)13(7-10)24-16(17)18/h3-7,16H,8H2,1-2H3,(H,19,21)(H,20,22). The molecule has 0 atom stereocenters. The second-order valence-electron chi connectivity index (χ2n) is 4.89. The number of hydrogen-bond donors (Lipinski definition) is 2. The minimum Gasteiger partial charge on any atom is -0.493 e. The normalized spacial score (nSPS) is 10.4. The number of anilines is 1. The lowest BCUT2D eigenvalue weighted by Gasteiger charge is -2.12. The Morgan fingerprint density at radius 1 is 1.16 bits per heavy atom. The van der Waals surface area contributed by atoms with Gasteiger partial charge in [-0.2, -0.15) is 8.78 Å². The topological polar surface area (TPSA) is 76.7 Å². The lowest BCUT2D eigenvalue weighted by Crippen LogP contribution is -2.34. The number of carbonyl (C=O) groups is 2. The first kappa shape index (κ1) is 18.7. The highest BCUT2D eigenvalue weighted by atomic mass is 32.1. The van der Waals surface area contributed by atoms with Gasteiger partial charge >= 0.3 is 18.4 Å². The van der Waals surface area contributed by atoms with E-state index in [1.807, 2.05) is 19.1 Å². The van der Waals surface area contributed by atoms with Crippen LogP contribution in [0.3, 0.4) is 0 Å². The fourth-order valence-electron chi connectivity index (χ4n) is 1.96. The van der Waals surface area contributed by atoms with Gasteiger partial charge in [0, 0.05) is 21.5 Å². The van der Waals surface area contributed by atoms with Gasteiger partial charge in [0.25, 0.3) is 0 Å². The summed E-state index contributed by atoms with van der Waals surface area (Å²) in [6, 6.07) is 7.67. The summed E-state index contributed by atoms with van der Waals surface area (Å²) in [5, 5.41) is 4.81. The lowest BCUT2D eigenvalue weighted by molar-refractivity contribution is -0.136. The van der Waals surface area contributed by atoms with Crippen molar-refractivity contribution in [2.24, 2.45) is 0 Å². The van der Waals surface area contributed by atoms with Gasteiger partial charge in [-0.1, -0.05) is 0 Å². The molecule has 25 heavy (non-hydrogen) atoms. The molecule has 2 amide bonds. The molecule has 0 unspecified atom stereocenters. The Balaban J connectivity index is 1.97. The summed E-state index contributed by atoms with van der Waals surface area (Å²) in [5.74, 6) is -1.92. The highest BCUT2D eigenvalue weighted by molar-refractivity contribution is 7.11. The van der Waals surface area contributed by atoms with Gasteiger partial charge in [-0.3, -0.25) is 9.59 Å². The molecule has 2 rings (SSSR count). The molecule has 0 spiro atoms. The zero-order chi connectivity index (χ0) is 18.4. The molecule has 1 aromatic heterocycles. The average molecular weight is 370 g/mol. The Hall–Kier alpha value is -2.68. The zero-order valence-electron chi connectivity index (χ0n) is 13.5. The summed E-state index contributed by atoms with van der Waals surface area (Å²) < 4.78 is 34.0. The first-order valence-electron chi connectivity index (χ1n) is 7.16. The van der Waals surface area contributed by atoms with Crippen molar-refractivity contribution >= 4 is 28.8 Å². The molecule has 6 nitrogen and oxygen atoms in total. The summed E-state index contributed by atoms with van der Waals surface area (Å²) >= 11 is 1.51. The van der Waals surface area contributed by atoms with Crippen LogP contribution in [0.25, 0.3) is 0 Å². The summed E-state index contributed by atoms with van der Waals surface area (Å²) in [5.41, 5.74) is 0.128. The third-order valence-electron chi connectivity index (χ3n) is 3.06. The maximum atomic E-state index is 12.4. The van der Waals surface area contributed by atoms with Crippen molar-refractivity contribution in [1.29, 1.82) is 0 Å². The number of methoxy groups -OCH3 is 1. The highest BCUT2D eigenvalue weighted by Crippen LogP contribution is 2.31. The van der Waals surface area contributed by atoms with Crippen LogP contribution < -0.4 is 20.1 Å². The number of aryl methyl sites for hydroxylation is 1. The number of amides is 2. The van der Waals surface area contributed by atoms with E-state index in [2.05, 4.69) is 15.4 Å². The fraction of sp³-hybridized carbons (Fsp3) is 0.250. The molecular formula is C16H16F2N2O4S. The molecule has 0 bridgehead atoms. The number of benzene rings is 1. The number of hydrogen-bond acceptors (Lipinski definition) is 5. The molecule has 0 saturated carbocycles. The Labute approximate surface area is 146 Å². The number of alkyl halides is 2. The third kappa shape index (κ3) is 5.42. The largest absolute Gasteiger partial charge is 0.493 e. The molecule has 0 saturated heterocycles. The van der Waals surface area contributed by atoms with Gasteiger partial charge in [-0.25, -0.2) is 0 Å². The highest BCUT2D eigenvalue weighted by Gasteiger charge is 2.16. The van der Waals surface area contributed by atoms with Crippen LogP contribution in [-0.2, 0) is 16.1 Å². The predicted octanol–water partition coefficient (Wildman–Crippen LogP) is 2.92. The van der Waals surface area contributed by atoms with E-state index in [-0.39, 0.29) is 23.7 Å². The number of rotatable bonds is 6. The first-order chi connectivity index (χ1) is 11.9. The van der Waals surface area contributed by atoms with Crippen LogP contribution >= 0.6 is 11.3 Å². The first-order valence-corrected chi connectivity index (χ1v) is 7.98. The van der Waals surface area contributed by atoms with Gasteiger partial charge in [-0.05, 0) is 31.2 Å². The minimum absolute atomic E-state index is 0.0795. The number of carbonyl (C=O) groups excluding carboxylic acids is 2. The quantitative estimate of drug-likeness (QED) is 0.767. The smallest absolute Gasteiger partial charge is 0.387 e. The van der Waals surface area contributed by atoms with Crippen molar-refractivity contribution in [3.8, 4) is 11.5 Å². The van der Waals surface area contributed by atoms with Crippen molar-refractivity contribution in [3.63, 3.8) is 0 Å². The van der Waals surface area contributed by atoms with E-state index in [1.54, 1.807) is 0 Å². The van der Waals surface area contributed by atoms with Gasteiger partial charge in [0.05, 0.1) is 13.7 Å². The maximum absolute atomic E-state index is 12.4. The third-order valence-corrected chi connectivity index (χ3v) is 4.06. The van der Waals surface area contributed by atoms with Crippen LogP contribution in [0.2, 0.25) is 0 Å². The summed E-state index contributed by atoms with van der Waals surface area (Å²) in [7, 11) is 1.30. The van der Waals surface area contributed by atoms with Crippen molar-refractivity contribution in [1.82, 2.24) is 5.32 Å². The Morgan fingerprint density at radius 2 is 1.92 bits per heavy atom. The Bertz CT molecular complexity index is 764. The van der Waals surface area contributed by atoms with Gasteiger partial charge in [0.15, 0.2) is 11.5 Å². The second kappa shape index (κ2) is 8.43. The molecule has 0 fully saturated rings.